The Morgan fingerprint density at radius 1 is 1.05 bits per heavy atom. The standard InChI is InChI=1S/C16H18N4/c1-2-20-15-6-4-3-5-14(15)19-16(20)12-18-11-13-7-9-17-10-8-13/h3-10,18H,2,11-12H2,1H3. The fourth-order valence-electron chi connectivity index (χ4n) is 2.43. The summed E-state index contributed by atoms with van der Waals surface area (Å²) in [5, 5.41) is 3.44. The van der Waals surface area contributed by atoms with E-state index in [1.54, 1.807) is 0 Å². The number of para-hydroxylation sites is 2. The van der Waals surface area contributed by atoms with Crippen LogP contribution in [0.2, 0.25) is 0 Å². The van der Waals surface area contributed by atoms with E-state index in [0.717, 1.165) is 31.0 Å². The van der Waals surface area contributed by atoms with Crippen LogP contribution in [0.3, 0.4) is 0 Å². The van der Waals surface area contributed by atoms with Gasteiger partial charge in [-0.2, -0.15) is 0 Å². The number of rotatable bonds is 5. The van der Waals surface area contributed by atoms with E-state index in [9.17, 15) is 0 Å². The Hall–Kier alpha value is -2.20. The van der Waals surface area contributed by atoms with E-state index in [0.29, 0.717) is 0 Å². The van der Waals surface area contributed by atoms with Crippen LogP contribution in [0.5, 0.6) is 0 Å². The summed E-state index contributed by atoms with van der Waals surface area (Å²) in [6, 6.07) is 12.3. The summed E-state index contributed by atoms with van der Waals surface area (Å²) in [6.45, 7) is 4.69. The minimum Gasteiger partial charge on any atom is -0.327 e. The predicted molar refractivity (Wildman–Crippen MR) is 80.2 cm³/mol. The van der Waals surface area contributed by atoms with E-state index in [4.69, 9.17) is 4.98 Å². The Balaban J connectivity index is 1.74. The summed E-state index contributed by atoms with van der Waals surface area (Å²) in [6.07, 6.45) is 3.64. The third-order valence-electron chi connectivity index (χ3n) is 3.41. The molecule has 0 aliphatic heterocycles. The third kappa shape index (κ3) is 2.56. The number of hydrogen-bond donors (Lipinski definition) is 1. The van der Waals surface area contributed by atoms with Crippen molar-refractivity contribution in [1.29, 1.82) is 0 Å². The number of imidazole rings is 1. The molecule has 0 unspecified atom stereocenters. The zero-order valence-corrected chi connectivity index (χ0v) is 11.6. The van der Waals surface area contributed by atoms with Crippen molar-refractivity contribution in [2.75, 3.05) is 0 Å². The largest absolute Gasteiger partial charge is 0.327 e. The van der Waals surface area contributed by atoms with Gasteiger partial charge in [-0.3, -0.25) is 4.98 Å². The first-order chi connectivity index (χ1) is 9.88. The van der Waals surface area contributed by atoms with Crippen molar-refractivity contribution < 1.29 is 0 Å². The van der Waals surface area contributed by atoms with Gasteiger partial charge in [0, 0.05) is 25.5 Å². The average Bonchev–Trinajstić information content (AvgIpc) is 2.86. The van der Waals surface area contributed by atoms with Crippen LogP contribution in [0.4, 0.5) is 0 Å². The van der Waals surface area contributed by atoms with Crippen molar-refractivity contribution >= 4 is 11.0 Å². The molecule has 3 aromatic rings. The van der Waals surface area contributed by atoms with Crippen molar-refractivity contribution in [2.45, 2.75) is 26.6 Å². The van der Waals surface area contributed by atoms with Crippen LogP contribution in [0.25, 0.3) is 11.0 Å². The van der Waals surface area contributed by atoms with Crippen molar-refractivity contribution in [3.63, 3.8) is 0 Å². The van der Waals surface area contributed by atoms with Gasteiger partial charge < -0.3 is 9.88 Å². The molecule has 4 nitrogen and oxygen atoms in total. The Bertz CT molecular complexity index is 688. The molecule has 0 saturated carbocycles. The Morgan fingerprint density at radius 2 is 1.85 bits per heavy atom. The highest BCUT2D eigenvalue weighted by Crippen LogP contribution is 2.15. The molecule has 0 atom stereocenters. The molecular formula is C16H18N4. The van der Waals surface area contributed by atoms with Gasteiger partial charge in [0.1, 0.15) is 5.82 Å². The molecule has 0 aliphatic carbocycles. The number of benzene rings is 1. The van der Waals surface area contributed by atoms with Crippen LogP contribution < -0.4 is 5.32 Å². The van der Waals surface area contributed by atoms with Gasteiger partial charge in [-0.05, 0) is 36.8 Å². The molecule has 0 radical (unpaired) electrons. The van der Waals surface area contributed by atoms with Crippen LogP contribution in [0.15, 0.2) is 48.8 Å². The van der Waals surface area contributed by atoms with Crippen LogP contribution in [0, 0.1) is 0 Å². The summed E-state index contributed by atoms with van der Waals surface area (Å²) in [4.78, 5) is 8.73. The molecule has 4 heteroatoms. The highest BCUT2D eigenvalue weighted by Gasteiger charge is 2.08. The zero-order valence-electron chi connectivity index (χ0n) is 11.6. The maximum atomic E-state index is 4.70. The fourth-order valence-corrected chi connectivity index (χ4v) is 2.43. The van der Waals surface area contributed by atoms with Gasteiger partial charge in [0.25, 0.3) is 0 Å². The van der Waals surface area contributed by atoms with Gasteiger partial charge in [0.05, 0.1) is 17.6 Å². The maximum absolute atomic E-state index is 4.70. The van der Waals surface area contributed by atoms with Crippen molar-refractivity contribution in [2.24, 2.45) is 0 Å². The van der Waals surface area contributed by atoms with Gasteiger partial charge in [0.15, 0.2) is 0 Å². The molecule has 102 valence electrons. The molecule has 0 bridgehead atoms. The minimum absolute atomic E-state index is 0.769. The molecule has 2 heterocycles. The molecule has 20 heavy (non-hydrogen) atoms. The van der Waals surface area contributed by atoms with E-state index >= 15 is 0 Å². The van der Waals surface area contributed by atoms with Crippen molar-refractivity contribution in [3.05, 3.63) is 60.2 Å². The molecule has 3 rings (SSSR count). The highest BCUT2D eigenvalue weighted by atomic mass is 15.1. The normalized spacial score (nSPS) is 11.1. The molecule has 0 saturated heterocycles. The smallest absolute Gasteiger partial charge is 0.123 e. The van der Waals surface area contributed by atoms with Gasteiger partial charge in [0.2, 0.25) is 0 Å². The predicted octanol–water partition coefficient (Wildman–Crippen LogP) is 2.74. The SMILES string of the molecule is CCn1c(CNCc2ccncc2)nc2ccccc21. The summed E-state index contributed by atoms with van der Waals surface area (Å²) < 4.78 is 2.26. The molecule has 0 amide bonds. The summed E-state index contributed by atoms with van der Waals surface area (Å²) in [7, 11) is 0. The summed E-state index contributed by atoms with van der Waals surface area (Å²) in [5.41, 5.74) is 3.50. The monoisotopic (exact) mass is 266 g/mol. The first kappa shape index (κ1) is 12.8. The van der Waals surface area contributed by atoms with Gasteiger partial charge >= 0.3 is 0 Å². The minimum atomic E-state index is 0.769. The van der Waals surface area contributed by atoms with E-state index in [2.05, 4.69) is 40.0 Å². The van der Waals surface area contributed by atoms with E-state index in [1.165, 1.54) is 11.1 Å². The molecule has 0 aliphatic rings. The lowest BCUT2D eigenvalue weighted by Crippen LogP contribution is -2.16. The lowest BCUT2D eigenvalue weighted by atomic mass is 10.3. The van der Waals surface area contributed by atoms with Gasteiger partial charge in [-0.15, -0.1) is 0 Å². The summed E-state index contributed by atoms with van der Waals surface area (Å²) >= 11 is 0. The quantitative estimate of drug-likeness (QED) is 0.772. The van der Waals surface area contributed by atoms with E-state index < -0.39 is 0 Å². The first-order valence-electron chi connectivity index (χ1n) is 6.92. The molecule has 1 aromatic carbocycles. The number of pyridine rings is 1. The van der Waals surface area contributed by atoms with E-state index in [1.807, 2.05) is 30.6 Å². The van der Waals surface area contributed by atoms with Gasteiger partial charge in [-0.1, -0.05) is 12.1 Å². The third-order valence-corrected chi connectivity index (χ3v) is 3.41. The number of hydrogen-bond acceptors (Lipinski definition) is 3. The molecule has 0 spiro atoms. The van der Waals surface area contributed by atoms with Crippen molar-refractivity contribution in [1.82, 2.24) is 19.9 Å². The first-order valence-corrected chi connectivity index (χ1v) is 6.92. The maximum Gasteiger partial charge on any atom is 0.123 e. The van der Waals surface area contributed by atoms with Crippen molar-refractivity contribution in [3.8, 4) is 0 Å². The molecule has 2 aromatic heterocycles. The van der Waals surface area contributed by atoms with Crippen LogP contribution >= 0.6 is 0 Å². The number of aromatic nitrogens is 3. The Labute approximate surface area is 118 Å². The number of fused-ring (bicyclic) bond motifs is 1. The Kier molecular flexibility index (Phi) is 3.74. The molecule has 0 fully saturated rings. The van der Waals surface area contributed by atoms with Crippen LogP contribution in [-0.2, 0) is 19.6 Å². The zero-order chi connectivity index (χ0) is 13.8. The van der Waals surface area contributed by atoms with Crippen LogP contribution in [-0.4, -0.2) is 14.5 Å². The number of nitrogens with one attached hydrogen (secondary N) is 1. The highest BCUT2D eigenvalue weighted by molar-refractivity contribution is 5.75. The van der Waals surface area contributed by atoms with Crippen LogP contribution in [0.1, 0.15) is 18.3 Å². The molecule has 1 N–H and O–H groups in total. The topological polar surface area (TPSA) is 42.7 Å². The second-order valence-electron chi connectivity index (χ2n) is 4.72. The number of nitrogens with zero attached hydrogens (tertiary/aromatic N) is 3. The van der Waals surface area contributed by atoms with E-state index in [-0.39, 0.29) is 0 Å². The lowest BCUT2D eigenvalue weighted by Gasteiger charge is -2.07. The fraction of sp³-hybridized carbons (Fsp3) is 0.250. The van der Waals surface area contributed by atoms with Gasteiger partial charge in [-0.25, -0.2) is 4.98 Å². The number of aryl methyl sites for hydroxylation is 1. The Morgan fingerprint density at radius 3 is 2.65 bits per heavy atom. The summed E-state index contributed by atoms with van der Waals surface area (Å²) in [5.74, 6) is 1.09. The second kappa shape index (κ2) is 5.84. The average molecular weight is 266 g/mol. The molecular weight excluding hydrogens is 248 g/mol. The lowest BCUT2D eigenvalue weighted by molar-refractivity contribution is 0.620. The second-order valence-corrected chi connectivity index (χ2v) is 4.72.